The third kappa shape index (κ3) is 3.57. The van der Waals surface area contributed by atoms with Crippen molar-refractivity contribution in [2.45, 2.75) is 45.2 Å². The zero-order valence-electron chi connectivity index (χ0n) is 14.2. The van der Waals surface area contributed by atoms with E-state index in [0.717, 1.165) is 31.8 Å². The maximum atomic E-state index is 12.6. The quantitative estimate of drug-likeness (QED) is 0.768. The van der Waals surface area contributed by atoms with Crippen molar-refractivity contribution in [2.75, 3.05) is 26.8 Å². The minimum atomic E-state index is -0.130. The van der Waals surface area contributed by atoms with Crippen LogP contribution in [0.5, 0.6) is 0 Å². The number of ether oxygens (including phenoxy) is 1. The molecule has 0 spiro atoms. The minimum absolute atomic E-state index is 0.130. The molecule has 3 rings (SSSR count). The smallest absolute Gasteiger partial charge is 0.346 e. The van der Waals surface area contributed by atoms with Gasteiger partial charge >= 0.3 is 5.69 Å². The van der Waals surface area contributed by atoms with Crippen LogP contribution in [0.3, 0.4) is 0 Å². The van der Waals surface area contributed by atoms with Crippen molar-refractivity contribution >= 4 is 0 Å². The van der Waals surface area contributed by atoms with Gasteiger partial charge in [0, 0.05) is 32.5 Å². The van der Waals surface area contributed by atoms with E-state index in [-0.39, 0.29) is 18.2 Å². The highest BCUT2D eigenvalue weighted by atomic mass is 16.5. The van der Waals surface area contributed by atoms with Crippen LogP contribution in [0.2, 0.25) is 0 Å². The Morgan fingerprint density at radius 2 is 2.33 bits per heavy atom. The summed E-state index contributed by atoms with van der Waals surface area (Å²) in [4.78, 5) is 16.9. The van der Waals surface area contributed by atoms with Gasteiger partial charge in [0.2, 0.25) is 5.89 Å². The lowest BCUT2D eigenvalue weighted by atomic mass is 9.99. The summed E-state index contributed by atoms with van der Waals surface area (Å²) in [6, 6.07) is 0. The molecular weight excluding hydrogens is 312 g/mol. The van der Waals surface area contributed by atoms with E-state index in [0.29, 0.717) is 31.3 Å². The Morgan fingerprint density at radius 3 is 3.04 bits per heavy atom. The SMILES string of the molecule is CCn1c(C2CCCNC2)nn(Cc2nc(CCOC)no2)c1=O. The van der Waals surface area contributed by atoms with Crippen molar-refractivity contribution in [3.05, 3.63) is 28.0 Å². The summed E-state index contributed by atoms with van der Waals surface area (Å²) in [7, 11) is 1.62. The Labute approximate surface area is 140 Å². The predicted octanol–water partition coefficient (Wildman–Crippen LogP) is 0.152. The normalized spacial score (nSPS) is 18.2. The lowest BCUT2D eigenvalue weighted by Crippen LogP contribution is -2.31. The van der Waals surface area contributed by atoms with Crippen LogP contribution < -0.4 is 11.0 Å². The summed E-state index contributed by atoms with van der Waals surface area (Å²) in [6.07, 6.45) is 2.73. The first-order chi connectivity index (χ1) is 11.7. The zero-order chi connectivity index (χ0) is 16.9. The molecule has 0 radical (unpaired) electrons. The minimum Gasteiger partial charge on any atom is -0.384 e. The van der Waals surface area contributed by atoms with Gasteiger partial charge in [-0.2, -0.15) is 10.1 Å². The van der Waals surface area contributed by atoms with Crippen LogP contribution in [-0.2, 0) is 24.2 Å². The van der Waals surface area contributed by atoms with Gasteiger partial charge in [-0.05, 0) is 26.3 Å². The third-order valence-corrected chi connectivity index (χ3v) is 4.25. The van der Waals surface area contributed by atoms with Crippen molar-refractivity contribution in [3.63, 3.8) is 0 Å². The average Bonchev–Trinajstić information content (AvgIpc) is 3.19. The van der Waals surface area contributed by atoms with Crippen molar-refractivity contribution in [1.29, 1.82) is 0 Å². The molecule has 0 aromatic carbocycles. The summed E-state index contributed by atoms with van der Waals surface area (Å²) in [5.41, 5.74) is -0.130. The first-order valence-corrected chi connectivity index (χ1v) is 8.41. The molecule has 2 aromatic heterocycles. The van der Waals surface area contributed by atoms with Gasteiger partial charge in [0.25, 0.3) is 0 Å². The number of piperidine rings is 1. The third-order valence-electron chi connectivity index (χ3n) is 4.25. The number of rotatable bonds is 7. The fraction of sp³-hybridized carbons (Fsp3) is 0.733. The first kappa shape index (κ1) is 16.8. The Hall–Kier alpha value is -2.00. The van der Waals surface area contributed by atoms with E-state index in [9.17, 15) is 4.79 Å². The molecule has 24 heavy (non-hydrogen) atoms. The number of hydrogen-bond donors (Lipinski definition) is 1. The Morgan fingerprint density at radius 1 is 1.46 bits per heavy atom. The van der Waals surface area contributed by atoms with Crippen molar-refractivity contribution in [3.8, 4) is 0 Å². The van der Waals surface area contributed by atoms with E-state index in [1.165, 1.54) is 4.68 Å². The molecule has 0 amide bonds. The summed E-state index contributed by atoms with van der Waals surface area (Å²) in [6.45, 7) is 5.18. The van der Waals surface area contributed by atoms with E-state index in [1.54, 1.807) is 11.7 Å². The second kappa shape index (κ2) is 7.71. The average molecular weight is 336 g/mol. The summed E-state index contributed by atoms with van der Waals surface area (Å²) in [5.74, 6) is 2.07. The number of aromatic nitrogens is 5. The van der Waals surface area contributed by atoms with Crippen LogP contribution in [0.1, 0.15) is 43.2 Å². The molecular formula is C15H24N6O3. The topological polar surface area (TPSA) is 100 Å². The summed E-state index contributed by atoms with van der Waals surface area (Å²) >= 11 is 0. The highest BCUT2D eigenvalue weighted by molar-refractivity contribution is 5.01. The Balaban J connectivity index is 1.79. The standard InChI is InChI=1S/C15H24N6O3/c1-3-20-14(11-5-4-7-16-9-11)18-21(15(20)22)10-13-17-12(19-24-13)6-8-23-2/h11,16H,3-10H2,1-2H3. The van der Waals surface area contributed by atoms with Crippen LogP contribution in [0.25, 0.3) is 0 Å². The predicted molar refractivity (Wildman–Crippen MR) is 86.0 cm³/mol. The maximum Gasteiger partial charge on any atom is 0.346 e. The van der Waals surface area contributed by atoms with Gasteiger partial charge in [-0.15, -0.1) is 0 Å². The molecule has 1 saturated heterocycles. The molecule has 2 aromatic rings. The largest absolute Gasteiger partial charge is 0.384 e. The number of nitrogens with zero attached hydrogens (tertiary/aromatic N) is 5. The lowest BCUT2D eigenvalue weighted by molar-refractivity contribution is 0.199. The van der Waals surface area contributed by atoms with Crippen LogP contribution in [0.15, 0.2) is 9.32 Å². The molecule has 0 aliphatic carbocycles. The molecule has 0 saturated carbocycles. The second-order valence-electron chi connectivity index (χ2n) is 5.93. The number of hydrogen-bond acceptors (Lipinski definition) is 7. The van der Waals surface area contributed by atoms with Gasteiger partial charge in [-0.3, -0.25) is 4.57 Å². The van der Waals surface area contributed by atoms with E-state index in [1.807, 2.05) is 6.92 Å². The highest BCUT2D eigenvalue weighted by Gasteiger charge is 2.24. The second-order valence-corrected chi connectivity index (χ2v) is 5.93. The molecule has 1 atom stereocenters. The fourth-order valence-electron chi connectivity index (χ4n) is 3.01. The molecule has 1 aliphatic rings. The lowest BCUT2D eigenvalue weighted by Gasteiger charge is -2.21. The Kier molecular flexibility index (Phi) is 5.41. The molecule has 132 valence electrons. The zero-order valence-corrected chi connectivity index (χ0v) is 14.2. The van der Waals surface area contributed by atoms with Crippen molar-refractivity contribution in [2.24, 2.45) is 0 Å². The fourth-order valence-corrected chi connectivity index (χ4v) is 3.01. The molecule has 3 heterocycles. The van der Waals surface area contributed by atoms with Crippen molar-refractivity contribution in [1.82, 2.24) is 29.8 Å². The molecule has 1 fully saturated rings. The molecule has 1 aliphatic heterocycles. The number of nitrogens with one attached hydrogen (secondary N) is 1. The van der Waals surface area contributed by atoms with Crippen LogP contribution in [0, 0.1) is 0 Å². The molecule has 9 heteroatoms. The molecule has 1 N–H and O–H groups in total. The van der Waals surface area contributed by atoms with Crippen LogP contribution >= 0.6 is 0 Å². The van der Waals surface area contributed by atoms with E-state index in [2.05, 4.69) is 20.6 Å². The van der Waals surface area contributed by atoms with E-state index < -0.39 is 0 Å². The van der Waals surface area contributed by atoms with Gasteiger partial charge in [0.15, 0.2) is 5.82 Å². The molecule has 9 nitrogen and oxygen atoms in total. The van der Waals surface area contributed by atoms with Gasteiger partial charge in [0.1, 0.15) is 12.4 Å². The maximum absolute atomic E-state index is 12.6. The number of methoxy groups -OCH3 is 1. The van der Waals surface area contributed by atoms with E-state index in [4.69, 9.17) is 9.26 Å². The highest BCUT2D eigenvalue weighted by Crippen LogP contribution is 2.20. The van der Waals surface area contributed by atoms with Crippen LogP contribution in [-0.4, -0.2) is 51.3 Å². The van der Waals surface area contributed by atoms with Crippen molar-refractivity contribution < 1.29 is 9.26 Å². The van der Waals surface area contributed by atoms with Gasteiger partial charge in [0.05, 0.1) is 6.61 Å². The monoisotopic (exact) mass is 336 g/mol. The Bertz CT molecular complexity index is 713. The van der Waals surface area contributed by atoms with E-state index >= 15 is 0 Å². The molecule has 1 unspecified atom stereocenters. The first-order valence-electron chi connectivity index (χ1n) is 8.41. The van der Waals surface area contributed by atoms with Crippen LogP contribution in [0.4, 0.5) is 0 Å². The summed E-state index contributed by atoms with van der Waals surface area (Å²) in [5, 5.41) is 11.8. The summed E-state index contributed by atoms with van der Waals surface area (Å²) < 4.78 is 13.4. The van der Waals surface area contributed by atoms with Gasteiger partial charge in [-0.25, -0.2) is 9.48 Å². The molecule has 0 bridgehead atoms. The van der Waals surface area contributed by atoms with Gasteiger partial charge < -0.3 is 14.6 Å². The van der Waals surface area contributed by atoms with Gasteiger partial charge in [-0.1, -0.05) is 5.16 Å².